The maximum Gasteiger partial charge on any atom is 0.216 e. The Morgan fingerprint density at radius 3 is 2.60 bits per heavy atom. The van der Waals surface area contributed by atoms with Crippen molar-refractivity contribution >= 4 is 15.7 Å². The topological polar surface area (TPSA) is 72.2 Å². The van der Waals surface area contributed by atoms with Crippen LogP contribution in [0.1, 0.15) is 38.7 Å². The zero-order valence-electron chi connectivity index (χ0n) is 12.2. The molecule has 3 N–H and O–H groups in total. The molecule has 1 aliphatic carbocycles. The highest BCUT2D eigenvalue weighted by Crippen LogP contribution is 2.29. The second-order valence-electron chi connectivity index (χ2n) is 6.08. The fraction of sp³-hybridized carbons (Fsp3) is 0.600. The average molecular weight is 296 g/mol. The summed E-state index contributed by atoms with van der Waals surface area (Å²) in [6, 6.07) is 7.17. The molecule has 0 aliphatic heterocycles. The minimum Gasteiger partial charge on any atom is -0.398 e. The monoisotopic (exact) mass is 296 g/mol. The van der Waals surface area contributed by atoms with Crippen molar-refractivity contribution in [3.05, 3.63) is 29.8 Å². The number of rotatable bonds is 4. The summed E-state index contributed by atoms with van der Waals surface area (Å²) in [5.74, 6) is 1.04. The molecule has 1 saturated carbocycles. The highest BCUT2D eigenvalue weighted by molar-refractivity contribution is 7.88. The number of nitrogens with one attached hydrogen (secondary N) is 1. The summed E-state index contributed by atoms with van der Waals surface area (Å²) in [5.41, 5.74) is 7.01. The fourth-order valence-corrected chi connectivity index (χ4v) is 4.55. The van der Waals surface area contributed by atoms with Gasteiger partial charge in [-0.05, 0) is 42.7 Å². The summed E-state index contributed by atoms with van der Waals surface area (Å²) in [6.07, 6.45) is 3.09. The van der Waals surface area contributed by atoms with Crippen molar-refractivity contribution in [1.82, 2.24) is 4.72 Å². The normalized spacial score (nSPS) is 27.4. The molecule has 0 bridgehead atoms. The lowest BCUT2D eigenvalue weighted by molar-refractivity contribution is 0.249. The molecule has 1 aromatic rings. The predicted molar refractivity (Wildman–Crippen MR) is 82.6 cm³/mol. The first kappa shape index (κ1) is 15.3. The summed E-state index contributed by atoms with van der Waals surface area (Å²) in [5, 5.41) is 0. The minimum absolute atomic E-state index is 0.0432. The molecule has 3 atom stereocenters. The van der Waals surface area contributed by atoms with Crippen LogP contribution in [-0.4, -0.2) is 14.5 Å². The molecule has 112 valence electrons. The van der Waals surface area contributed by atoms with E-state index in [1.54, 1.807) is 12.1 Å². The van der Waals surface area contributed by atoms with Crippen molar-refractivity contribution < 1.29 is 8.42 Å². The molecule has 0 heterocycles. The number of nitrogen functional groups attached to an aromatic ring is 1. The molecule has 0 saturated heterocycles. The highest BCUT2D eigenvalue weighted by Gasteiger charge is 2.28. The first-order valence-corrected chi connectivity index (χ1v) is 8.86. The van der Waals surface area contributed by atoms with Crippen molar-refractivity contribution in [3.63, 3.8) is 0 Å². The van der Waals surface area contributed by atoms with E-state index < -0.39 is 10.0 Å². The van der Waals surface area contributed by atoms with Gasteiger partial charge in [-0.3, -0.25) is 0 Å². The standard InChI is InChI=1S/C15H24N2O2S/c1-11-7-8-15(12(2)9-11)17-20(18,19)10-13-5-3-4-6-14(13)16/h3-6,11-12,15,17H,7-10,16H2,1-2H3. The molecule has 5 heteroatoms. The van der Waals surface area contributed by atoms with Gasteiger partial charge in [-0.15, -0.1) is 0 Å². The Bertz CT molecular complexity index is 557. The zero-order chi connectivity index (χ0) is 14.8. The largest absolute Gasteiger partial charge is 0.398 e. The van der Waals surface area contributed by atoms with Crippen LogP contribution in [0.25, 0.3) is 0 Å². The third-order valence-corrected chi connectivity index (χ3v) is 5.52. The van der Waals surface area contributed by atoms with Crippen LogP contribution >= 0.6 is 0 Å². The lowest BCUT2D eigenvalue weighted by Gasteiger charge is -2.32. The SMILES string of the molecule is CC1CCC(NS(=O)(=O)Cc2ccccc2N)C(C)C1. The first-order chi connectivity index (χ1) is 9.37. The average Bonchev–Trinajstić information content (AvgIpc) is 2.35. The fourth-order valence-electron chi connectivity index (χ4n) is 2.98. The van der Waals surface area contributed by atoms with E-state index in [1.807, 2.05) is 12.1 Å². The first-order valence-electron chi connectivity index (χ1n) is 7.21. The molecule has 20 heavy (non-hydrogen) atoms. The maximum atomic E-state index is 12.3. The Kier molecular flexibility index (Phi) is 4.70. The van der Waals surface area contributed by atoms with Crippen LogP contribution in [0, 0.1) is 11.8 Å². The lowest BCUT2D eigenvalue weighted by Crippen LogP contribution is -2.42. The Balaban J connectivity index is 2.03. The van der Waals surface area contributed by atoms with Gasteiger partial charge < -0.3 is 5.73 Å². The highest BCUT2D eigenvalue weighted by atomic mass is 32.2. The van der Waals surface area contributed by atoms with E-state index >= 15 is 0 Å². The van der Waals surface area contributed by atoms with Crippen molar-refractivity contribution in [3.8, 4) is 0 Å². The van der Waals surface area contributed by atoms with Crippen molar-refractivity contribution in [2.24, 2.45) is 11.8 Å². The number of benzene rings is 1. The van der Waals surface area contributed by atoms with E-state index in [9.17, 15) is 8.42 Å². The van der Waals surface area contributed by atoms with Gasteiger partial charge >= 0.3 is 0 Å². The smallest absolute Gasteiger partial charge is 0.216 e. The number of hydrogen-bond donors (Lipinski definition) is 2. The van der Waals surface area contributed by atoms with Crippen LogP contribution in [0.3, 0.4) is 0 Å². The van der Waals surface area contributed by atoms with Crippen molar-refractivity contribution in [1.29, 1.82) is 0 Å². The minimum atomic E-state index is -3.34. The third-order valence-electron chi connectivity index (χ3n) is 4.16. The number of para-hydroxylation sites is 1. The van der Waals surface area contributed by atoms with Gasteiger partial charge in [-0.1, -0.05) is 32.0 Å². The van der Waals surface area contributed by atoms with Crippen LogP contribution in [0.2, 0.25) is 0 Å². The van der Waals surface area contributed by atoms with Gasteiger partial charge in [0.2, 0.25) is 10.0 Å². The molecule has 1 aliphatic rings. The van der Waals surface area contributed by atoms with Gasteiger partial charge in [0.1, 0.15) is 0 Å². The lowest BCUT2D eigenvalue weighted by atomic mass is 9.80. The van der Waals surface area contributed by atoms with Crippen LogP contribution in [0.5, 0.6) is 0 Å². The molecular weight excluding hydrogens is 272 g/mol. The molecular formula is C15H24N2O2S. The van der Waals surface area contributed by atoms with Crippen molar-refractivity contribution in [2.45, 2.75) is 44.9 Å². The summed E-state index contributed by atoms with van der Waals surface area (Å²) in [6.45, 7) is 4.35. The molecule has 0 spiro atoms. The van der Waals surface area contributed by atoms with E-state index in [2.05, 4.69) is 18.6 Å². The Morgan fingerprint density at radius 2 is 1.95 bits per heavy atom. The van der Waals surface area contributed by atoms with Gasteiger partial charge in [-0.25, -0.2) is 13.1 Å². The second-order valence-corrected chi connectivity index (χ2v) is 7.83. The van der Waals surface area contributed by atoms with E-state index in [-0.39, 0.29) is 11.8 Å². The summed E-state index contributed by atoms with van der Waals surface area (Å²) in [4.78, 5) is 0. The number of sulfonamides is 1. The van der Waals surface area contributed by atoms with Crippen LogP contribution in [0.4, 0.5) is 5.69 Å². The Morgan fingerprint density at radius 1 is 1.25 bits per heavy atom. The van der Waals surface area contributed by atoms with Crippen LogP contribution in [-0.2, 0) is 15.8 Å². The van der Waals surface area contributed by atoms with Gasteiger partial charge in [0.05, 0.1) is 5.75 Å². The molecule has 0 radical (unpaired) electrons. The Hall–Kier alpha value is -1.07. The molecule has 0 amide bonds. The quantitative estimate of drug-likeness (QED) is 0.839. The molecule has 3 unspecified atom stereocenters. The van der Waals surface area contributed by atoms with Gasteiger partial charge in [0.25, 0.3) is 0 Å². The van der Waals surface area contributed by atoms with Crippen LogP contribution < -0.4 is 10.5 Å². The van der Waals surface area contributed by atoms with Gasteiger partial charge in [0, 0.05) is 11.7 Å². The maximum absolute atomic E-state index is 12.3. The Labute approximate surface area is 121 Å². The summed E-state index contributed by atoms with van der Waals surface area (Å²) in [7, 11) is -3.34. The third kappa shape index (κ3) is 3.96. The van der Waals surface area contributed by atoms with E-state index in [0.717, 1.165) is 19.3 Å². The van der Waals surface area contributed by atoms with E-state index in [0.29, 0.717) is 23.1 Å². The molecule has 1 aromatic carbocycles. The van der Waals surface area contributed by atoms with Gasteiger partial charge in [0.15, 0.2) is 0 Å². The van der Waals surface area contributed by atoms with E-state index in [1.165, 1.54) is 0 Å². The number of nitrogens with two attached hydrogens (primary N) is 1. The van der Waals surface area contributed by atoms with Gasteiger partial charge in [-0.2, -0.15) is 0 Å². The summed E-state index contributed by atoms with van der Waals surface area (Å²) < 4.78 is 27.4. The second kappa shape index (κ2) is 6.14. The van der Waals surface area contributed by atoms with E-state index in [4.69, 9.17) is 5.73 Å². The molecule has 0 aromatic heterocycles. The predicted octanol–water partition coefficient (Wildman–Crippen LogP) is 2.51. The molecule has 4 nitrogen and oxygen atoms in total. The summed E-state index contributed by atoms with van der Waals surface area (Å²) >= 11 is 0. The molecule has 2 rings (SSSR count). The zero-order valence-corrected chi connectivity index (χ0v) is 13.0. The van der Waals surface area contributed by atoms with Crippen molar-refractivity contribution in [2.75, 3.05) is 5.73 Å². The number of hydrogen-bond acceptors (Lipinski definition) is 3. The molecule has 1 fully saturated rings. The number of anilines is 1. The van der Waals surface area contributed by atoms with Crippen LogP contribution in [0.15, 0.2) is 24.3 Å².